The highest BCUT2D eigenvalue weighted by Gasteiger charge is 1.99. The third kappa shape index (κ3) is 5.62. The Balaban J connectivity index is 2.17. The van der Waals surface area contributed by atoms with E-state index in [1.54, 1.807) is 14.1 Å². The van der Waals surface area contributed by atoms with Gasteiger partial charge in [0.1, 0.15) is 0 Å². The lowest BCUT2D eigenvalue weighted by Gasteiger charge is -2.10. The van der Waals surface area contributed by atoms with E-state index in [9.17, 15) is 4.79 Å². The lowest BCUT2D eigenvalue weighted by Crippen LogP contribution is -2.34. The third-order valence-corrected chi connectivity index (χ3v) is 2.17. The average molecular weight is 230 g/mol. The summed E-state index contributed by atoms with van der Waals surface area (Å²) in [4.78, 5) is 12.7. The fourth-order valence-electron chi connectivity index (χ4n) is 1.22. The second-order valence-corrected chi connectivity index (χ2v) is 3.90. The summed E-state index contributed by atoms with van der Waals surface area (Å²) in [5.41, 5.74) is 1.03. The van der Waals surface area contributed by atoms with Crippen molar-refractivity contribution in [3.63, 3.8) is 0 Å². The minimum absolute atomic E-state index is 0.0546. The van der Waals surface area contributed by atoms with Gasteiger partial charge in [0.15, 0.2) is 0 Å². The van der Waals surface area contributed by atoms with Gasteiger partial charge in [-0.25, -0.2) is 4.79 Å². The number of nitrogens with zero attached hydrogens (tertiary/aromatic N) is 1. The number of carbonyl (C=O) groups is 1. The molecule has 3 nitrogen and oxygen atoms in total. The van der Waals surface area contributed by atoms with Gasteiger partial charge in [-0.15, -0.1) is 0 Å². The van der Waals surface area contributed by atoms with Crippen LogP contribution in [0.4, 0.5) is 4.79 Å². The summed E-state index contributed by atoms with van der Waals surface area (Å²) >= 11 is 0. The topological polar surface area (TPSA) is 32.3 Å². The van der Waals surface area contributed by atoms with Gasteiger partial charge in [0.25, 0.3) is 0 Å². The summed E-state index contributed by atoms with van der Waals surface area (Å²) in [6.07, 6.45) is 1.67. The number of urea groups is 1. The summed E-state index contributed by atoms with van der Waals surface area (Å²) in [6.45, 7) is 0.667. The van der Waals surface area contributed by atoms with E-state index in [4.69, 9.17) is 0 Å². The van der Waals surface area contributed by atoms with Crippen LogP contribution in [0, 0.1) is 11.8 Å². The van der Waals surface area contributed by atoms with Crippen LogP contribution in [0.2, 0.25) is 0 Å². The van der Waals surface area contributed by atoms with Gasteiger partial charge in [0, 0.05) is 32.6 Å². The number of nitrogens with one attached hydrogen (secondary N) is 1. The predicted octanol–water partition coefficient (Wildman–Crippen LogP) is 2.09. The van der Waals surface area contributed by atoms with E-state index in [0.717, 1.165) is 18.4 Å². The number of unbranched alkanes of at least 4 members (excludes halogenated alkanes) is 1. The van der Waals surface area contributed by atoms with Crippen molar-refractivity contribution < 1.29 is 4.79 Å². The zero-order valence-electron chi connectivity index (χ0n) is 10.4. The molecule has 3 heteroatoms. The van der Waals surface area contributed by atoms with Gasteiger partial charge in [0.05, 0.1) is 0 Å². The number of rotatable bonds is 3. The second-order valence-electron chi connectivity index (χ2n) is 3.90. The van der Waals surface area contributed by atoms with Crippen molar-refractivity contribution in [1.82, 2.24) is 10.2 Å². The number of amides is 2. The maximum Gasteiger partial charge on any atom is 0.316 e. The van der Waals surface area contributed by atoms with E-state index in [0.29, 0.717) is 6.54 Å². The van der Waals surface area contributed by atoms with Crippen LogP contribution >= 0.6 is 0 Å². The smallest absolute Gasteiger partial charge is 0.316 e. The molecule has 0 aliphatic heterocycles. The van der Waals surface area contributed by atoms with Crippen molar-refractivity contribution in [2.45, 2.75) is 12.8 Å². The zero-order chi connectivity index (χ0) is 12.5. The Morgan fingerprint density at radius 1 is 1.29 bits per heavy atom. The molecule has 1 aromatic rings. The highest BCUT2D eigenvalue weighted by molar-refractivity contribution is 5.73. The largest absolute Gasteiger partial charge is 0.338 e. The molecule has 1 rings (SSSR count). The minimum Gasteiger partial charge on any atom is -0.338 e. The molecule has 0 bridgehead atoms. The molecule has 17 heavy (non-hydrogen) atoms. The van der Waals surface area contributed by atoms with E-state index in [-0.39, 0.29) is 6.03 Å². The van der Waals surface area contributed by atoms with Crippen LogP contribution in [-0.4, -0.2) is 31.6 Å². The van der Waals surface area contributed by atoms with Crippen LogP contribution < -0.4 is 5.32 Å². The van der Waals surface area contributed by atoms with Crippen molar-refractivity contribution in [2.75, 3.05) is 20.6 Å². The molecule has 0 heterocycles. The van der Waals surface area contributed by atoms with Crippen molar-refractivity contribution >= 4 is 6.03 Å². The Morgan fingerprint density at radius 2 is 2.00 bits per heavy atom. The summed E-state index contributed by atoms with van der Waals surface area (Å²) in [5, 5.41) is 2.80. The fourth-order valence-corrected chi connectivity index (χ4v) is 1.22. The Morgan fingerprint density at radius 3 is 2.65 bits per heavy atom. The molecule has 0 aliphatic rings. The molecule has 0 fully saturated rings. The van der Waals surface area contributed by atoms with Gasteiger partial charge >= 0.3 is 6.03 Å². The first-order valence-corrected chi connectivity index (χ1v) is 5.69. The Kier molecular flexibility index (Phi) is 5.67. The van der Waals surface area contributed by atoms with Crippen LogP contribution in [0.25, 0.3) is 0 Å². The average Bonchev–Trinajstić information content (AvgIpc) is 2.34. The first-order valence-electron chi connectivity index (χ1n) is 5.69. The second kappa shape index (κ2) is 7.34. The normalized spacial score (nSPS) is 9.06. The molecule has 0 radical (unpaired) electrons. The standard InChI is InChI=1S/C14H18N2O/c1-16(2)14(17)15-12-8-4-7-11-13-9-5-3-6-10-13/h3,5-6,9-10H,4,8,12H2,1-2H3,(H,15,17). The van der Waals surface area contributed by atoms with Crippen molar-refractivity contribution in [2.24, 2.45) is 0 Å². The molecule has 0 saturated carbocycles. The third-order valence-electron chi connectivity index (χ3n) is 2.17. The number of hydrogen-bond acceptors (Lipinski definition) is 1. The molecule has 0 aromatic heterocycles. The van der Waals surface area contributed by atoms with Crippen LogP contribution in [-0.2, 0) is 0 Å². The molecular weight excluding hydrogens is 212 g/mol. The van der Waals surface area contributed by atoms with Crippen LogP contribution in [0.15, 0.2) is 30.3 Å². The van der Waals surface area contributed by atoms with Gasteiger partial charge in [-0.1, -0.05) is 30.0 Å². The Labute approximate surface area is 103 Å². The molecule has 0 spiro atoms. The first-order chi connectivity index (χ1) is 8.20. The molecular formula is C14H18N2O. The van der Waals surface area contributed by atoms with Gasteiger partial charge in [-0.05, 0) is 18.6 Å². The van der Waals surface area contributed by atoms with Gasteiger partial charge in [0.2, 0.25) is 0 Å². The van der Waals surface area contributed by atoms with Gasteiger partial charge in [-0.3, -0.25) is 0 Å². The molecule has 2 amide bonds. The number of hydrogen-bond donors (Lipinski definition) is 1. The summed E-state index contributed by atoms with van der Waals surface area (Å²) in [6, 6.07) is 9.84. The number of carbonyl (C=O) groups excluding carboxylic acids is 1. The lowest BCUT2D eigenvalue weighted by molar-refractivity contribution is 0.217. The highest BCUT2D eigenvalue weighted by atomic mass is 16.2. The zero-order valence-corrected chi connectivity index (χ0v) is 10.4. The maximum atomic E-state index is 11.2. The SMILES string of the molecule is CN(C)C(=O)NCCCC#Cc1ccccc1. The van der Waals surface area contributed by atoms with Crippen LogP contribution in [0.5, 0.6) is 0 Å². The molecule has 1 N–H and O–H groups in total. The van der Waals surface area contributed by atoms with Gasteiger partial charge < -0.3 is 10.2 Å². The summed E-state index contributed by atoms with van der Waals surface area (Å²) < 4.78 is 0. The molecule has 0 unspecified atom stereocenters. The van der Waals surface area contributed by atoms with Crippen LogP contribution in [0.1, 0.15) is 18.4 Å². The molecule has 90 valence electrons. The van der Waals surface area contributed by atoms with E-state index < -0.39 is 0 Å². The molecule has 0 atom stereocenters. The van der Waals surface area contributed by atoms with E-state index in [1.807, 2.05) is 30.3 Å². The van der Waals surface area contributed by atoms with Gasteiger partial charge in [-0.2, -0.15) is 0 Å². The van der Waals surface area contributed by atoms with E-state index in [1.165, 1.54) is 4.90 Å². The quantitative estimate of drug-likeness (QED) is 0.626. The predicted molar refractivity (Wildman–Crippen MR) is 69.6 cm³/mol. The molecule has 0 saturated heterocycles. The van der Waals surface area contributed by atoms with Crippen molar-refractivity contribution in [1.29, 1.82) is 0 Å². The summed E-state index contributed by atoms with van der Waals surface area (Å²) in [7, 11) is 3.45. The van der Waals surface area contributed by atoms with Crippen molar-refractivity contribution in [3.8, 4) is 11.8 Å². The maximum absolute atomic E-state index is 11.2. The monoisotopic (exact) mass is 230 g/mol. The Bertz CT molecular complexity index is 401. The lowest BCUT2D eigenvalue weighted by atomic mass is 10.2. The fraction of sp³-hybridized carbons (Fsp3) is 0.357. The highest BCUT2D eigenvalue weighted by Crippen LogP contribution is 1.95. The number of benzene rings is 1. The molecule has 1 aromatic carbocycles. The van der Waals surface area contributed by atoms with Crippen molar-refractivity contribution in [3.05, 3.63) is 35.9 Å². The van der Waals surface area contributed by atoms with E-state index >= 15 is 0 Å². The Hall–Kier alpha value is -1.95. The van der Waals surface area contributed by atoms with Crippen LogP contribution in [0.3, 0.4) is 0 Å². The minimum atomic E-state index is -0.0546. The van der Waals surface area contributed by atoms with E-state index in [2.05, 4.69) is 17.2 Å². The summed E-state index contributed by atoms with van der Waals surface area (Å²) in [5.74, 6) is 6.17. The molecule has 0 aliphatic carbocycles. The first kappa shape index (κ1) is 13.1.